The molecule has 0 bridgehead atoms. The van der Waals surface area contributed by atoms with E-state index in [2.05, 4.69) is 48.2 Å². The van der Waals surface area contributed by atoms with E-state index < -0.39 is 0 Å². The lowest BCUT2D eigenvalue weighted by molar-refractivity contribution is 0.370. The minimum Gasteiger partial charge on any atom is -0.357 e. The smallest absolute Gasteiger partial charge is 0.194 e. The van der Waals surface area contributed by atoms with Crippen LogP contribution in [0.2, 0.25) is 0 Å². The van der Waals surface area contributed by atoms with Gasteiger partial charge in [0.2, 0.25) is 0 Å². The largest absolute Gasteiger partial charge is 0.357 e. The van der Waals surface area contributed by atoms with Gasteiger partial charge in [0.05, 0.1) is 17.9 Å². The van der Waals surface area contributed by atoms with Gasteiger partial charge in [-0.15, -0.1) is 0 Å². The average Bonchev–Trinajstić information content (AvgIpc) is 3.19. The van der Waals surface area contributed by atoms with Crippen LogP contribution in [0.4, 0.5) is 0 Å². The molecule has 0 atom stereocenters. The van der Waals surface area contributed by atoms with E-state index in [1.54, 1.807) is 0 Å². The summed E-state index contributed by atoms with van der Waals surface area (Å²) in [5.41, 5.74) is 2.42. The highest BCUT2D eigenvalue weighted by molar-refractivity contribution is 5.80. The number of hydrogen-bond donors (Lipinski definition) is 1. The van der Waals surface area contributed by atoms with Crippen molar-refractivity contribution >= 4 is 5.96 Å². The zero-order valence-electron chi connectivity index (χ0n) is 14.9. The van der Waals surface area contributed by atoms with Crippen molar-refractivity contribution in [1.82, 2.24) is 20.0 Å². The molecular formula is C19H27N5. The van der Waals surface area contributed by atoms with Gasteiger partial charge in [-0.25, -0.2) is 9.67 Å². The first-order valence-corrected chi connectivity index (χ1v) is 8.71. The van der Waals surface area contributed by atoms with Gasteiger partial charge in [-0.3, -0.25) is 0 Å². The molecule has 2 heterocycles. The molecule has 1 saturated heterocycles. The zero-order chi connectivity index (χ0) is 17.0. The summed E-state index contributed by atoms with van der Waals surface area (Å²) in [4.78, 5) is 7.15. The van der Waals surface area contributed by atoms with Gasteiger partial charge >= 0.3 is 0 Å². The molecule has 3 rings (SSSR count). The summed E-state index contributed by atoms with van der Waals surface area (Å²) in [7, 11) is 0. The Hall–Kier alpha value is -2.30. The minimum atomic E-state index is 0.366. The minimum absolute atomic E-state index is 0.366. The summed E-state index contributed by atoms with van der Waals surface area (Å²) < 4.78 is 1.90. The molecule has 1 aromatic carbocycles. The molecule has 128 valence electrons. The van der Waals surface area contributed by atoms with Crippen molar-refractivity contribution in [2.45, 2.75) is 33.7 Å². The number of likely N-dealkylation sites (tertiary alicyclic amines) is 1. The Bertz CT molecular complexity index is 687. The molecule has 0 unspecified atom stereocenters. The Morgan fingerprint density at radius 1 is 1.25 bits per heavy atom. The van der Waals surface area contributed by atoms with E-state index >= 15 is 0 Å². The van der Waals surface area contributed by atoms with E-state index in [1.807, 2.05) is 35.1 Å². The lowest BCUT2D eigenvalue weighted by atomic mass is 9.93. The molecule has 1 aliphatic heterocycles. The lowest BCUT2D eigenvalue weighted by Gasteiger charge is -2.23. The van der Waals surface area contributed by atoms with E-state index in [-0.39, 0.29) is 0 Å². The summed E-state index contributed by atoms with van der Waals surface area (Å²) in [6.45, 7) is 10.3. The van der Waals surface area contributed by atoms with Gasteiger partial charge in [0.1, 0.15) is 0 Å². The second-order valence-electron chi connectivity index (χ2n) is 7.09. The Labute approximate surface area is 144 Å². The maximum atomic E-state index is 4.79. The standard InChI is InChI=1S/C19H27N5/c1-4-20-18(23-13-11-19(2,3)15-23)21-14-16-10-12-24(22-16)17-8-6-5-7-9-17/h5-10,12H,4,11,13-15H2,1-3H3,(H,20,21). The first kappa shape index (κ1) is 16.6. The predicted molar refractivity (Wildman–Crippen MR) is 98.4 cm³/mol. The number of guanidine groups is 1. The third-order valence-corrected chi connectivity index (χ3v) is 4.37. The monoisotopic (exact) mass is 325 g/mol. The molecule has 5 heteroatoms. The summed E-state index contributed by atoms with van der Waals surface area (Å²) in [5, 5.41) is 8.04. The normalized spacial score (nSPS) is 17.3. The van der Waals surface area contributed by atoms with E-state index in [0.29, 0.717) is 12.0 Å². The molecule has 0 radical (unpaired) electrons. The number of aliphatic imine (C=N–C) groups is 1. The average molecular weight is 325 g/mol. The number of nitrogens with zero attached hydrogens (tertiary/aromatic N) is 4. The highest BCUT2D eigenvalue weighted by Gasteiger charge is 2.30. The van der Waals surface area contributed by atoms with Crippen LogP contribution in [0.1, 0.15) is 32.9 Å². The number of rotatable bonds is 4. The van der Waals surface area contributed by atoms with E-state index in [0.717, 1.165) is 37.0 Å². The van der Waals surface area contributed by atoms with Gasteiger partial charge in [0, 0.05) is 25.8 Å². The van der Waals surface area contributed by atoms with Crippen molar-refractivity contribution in [3.8, 4) is 5.69 Å². The van der Waals surface area contributed by atoms with Crippen molar-refractivity contribution in [3.63, 3.8) is 0 Å². The van der Waals surface area contributed by atoms with Crippen LogP contribution in [0.25, 0.3) is 5.69 Å². The van der Waals surface area contributed by atoms with Crippen LogP contribution in [0, 0.1) is 5.41 Å². The van der Waals surface area contributed by atoms with Crippen LogP contribution in [-0.2, 0) is 6.54 Å². The molecule has 2 aromatic rings. The number of aromatic nitrogens is 2. The van der Waals surface area contributed by atoms with Crippen LogP contribution in [-0.4, -0.2) is 40.3 Å². The van der Waals surface area contributed by atoms with Gasteiger partial charge in [-0.1, -0.05) is 32.0 Å². The van der Waals surface area contributed by atoms with E-state index in [4.69, 9.17) is 4.99 Å². The molecule has 1 aliphatic rings. The molecule has 0 saturated carbocycles. The van der Waals surface area contributed by atoms with Crippen molar-refractivity contribution in [2.75, 3.05) is 19.6 Å². The highest BCUT2D eigenvalue weighted by Crippen LogP contribution is 2.28. The molecule has 1 fully saturated rings. The molecule has 0 aliphatic carbocycles. The Morgan fingerprint density at radius 3 is 2.71 bits per heavy atom. The molecule has 1 N–H and O–H groups in total. The molecular weight excluding hydrogens is 298 g/mol. The van der Waals surface area contributed by atoms with Gasteiger partial charge in [0.25, 0.3) is 0 Å². The molecule has 24 heavy (non-hydrogen) atoms. The molecule has 5 nitrogen and oxygen atoms in total. The first-order chi connectivity index (χ1) is 11.6. The number of hydrogen-bond acceptors (Lipinski definition) is 2. The predicted octanol–water partition coefficient (Wildman–Crippen LogP) is 3.07. The van der Waals surface area contributed by atoms with Gasteiger partial charge in [0.15, 0.2) is 5.96 Å². The SMILES string of the molecule is CCNC(=NCc1ccn(-c2ccccc2)n1)N1CCC(C)(C)C1. The lowest BCUT2D eigenvalue weighted by Crippen LogP contribution is -2.40. The molecule has 0 amide bonds. The maximum absolute atomic E-state index is 4.79. The van der Waals surface area contributed by atoms with E-state index in [9.17, 15) is 0 Å². The summed E-state index contributed by atoms with van der Waals surface area (Å²) in [6.07, 6.45) is 3.20. The van der Waals surface area contributed by atoms with Crippen LogP contribution in [0.3, 0.4) is 0 Å². The van der Waals surface area contributed by atoms with Crippen molar-refractivity contribution in [3.05, 3.63) is 48.3 Å². The second-order valence-corrected chi connectivity index (χ2v) is 7.09. The first-order valence-electron chi connectivity index (χ1n) is 8.71. The van der Waals surface area contributed by atoms with Crippen LogP contribution >= 0.6 is 0 Å². The summed E-state index contributed by atoms with van der Waals surface area (Å²) in [6, 6.07) is 12.2. The Morgan fingerprint density at radius 2 is 2.04 bits per heavy atom. The third kappa shape index (κ3) is 3.96. The Balaban J connectivity index is 1.70. The van der Waals surface area contributed by atoms with E-state index in [1.165, 1.54) is 6.42 Å². The zero-order valence-corrected chi connectivity index (χ0v) is 14.9. The van der Waals surface area contributed by atoms with Crippen molar-refractivity contribution in [2.24, 2.45) is 10.4 Å². The number of para-hydroxylation sites is 1. The number of benzene rings is 1. The summed E-state index contributed by atoms with van der Waals surface area (Å²) >= 11 is 0. The van der Waals surface area contributed by atoms with Crippen molar-refractivity contribution < 1.29 is 0 Å². The number of nitrogens with one attached hydrogen (secondary N) is 1. The van der Waals surface area contributed by atoms with Crippen LogP contribution < -0.4 is 5.32 Å². The maximum Gasteiger partial charge on any atom is 0.194 e. The fraction of sp³-hybridized carbons (Fsp3) is 0.474. The van der Waals surface area contributed by atoms with Gasteiger partial charge < -0.3 is 10.2 Å². The highest BCUT2D eigenvalue weighted by atomic mass is 15.3. The van der Waals surface area contributed by atoms with Crippen LogP contribution in [0.15, 0.2) is 47.6 Å². The molecule has 1 aromatic heterocycles. The second kappa shape index (κ2) is 7.07. The summed E-state index contributed by atoms with van der Waals surface area (Å²) in [5.74, 6) is 0.998. The van der Waals surface area contributed by atoms with Crippen molar-refractivity contribution in [1.29, 1.82) is 0 Å². The fourth-order valence-corrected chi connectivity index (χ4v) is 3.05. The van der Waals surface area contributed by atoms with Crippen LogP contribution in [0.5, 0.6) is 0 Å². The quantitative estimate of drug-likeness (QED) is 0.694. The Kier molecular flexibility index (Phi) is 4.88. The van der Waals surface area contributed by atoms with Gasteiger partial charge in [-0.05, 0) is 37.0 Å². The third-order valence-electron chi connectivity index (χ3n) is 4.37. The fourth-order valence-electron chi connectivity index (χ4n) is 3.05. The molecule has 0 spiro atoms. The topological polar surface area (TPSA) is 45.5 Å². The van der Waals surface area contributed by atoms with Gasteiger partial charge in [-0.2, -0.15) is 5.10 Å².